The number of nitrogens with zero attached hydrogens (tertiary/aromatic N) is 2. The van der Waals surface area contributed by atoms with Gasteiger partial charge in [0, 0.05) is 16.2 Å². The van der Waals surface area contributed by atoms with E-state index >= 15 is 0 Å². The lowest BCUT2D eigenvalue weighted by atomic mass is 9.96. The van der Waals surface area contributed by atoms with Crippen molar-refractivity contribution in [3.8, 4) is 0 Å². The molecule has 1 saturated carbocycles. The number of carbonyl (C=O) groups is 1. The number of aryl methyl sites for hydroxylation is 2. The maximum Gasteiger partial charge on any atom is 0.355 e. The SMILES string of the molecule is O=C(O)c1nc(C2CC2)nc2sc3c(c12)CCCC3. The Labute approximate surface area is 114 Å². The van der Waals surface area contributed by atoms with Crippen LogP contribution < -0.4 is 0 Å². The van der Waals surface area contributed by atoms with E-state index in [-0.39, 0.29) is 5.69 Å². The largest absolute Gasteiger partial charge is 0.476 e. The summed E-state index contributed by atoms with van der Waals surface area (Å²) in [5.41, 5.74) is 1.43. The van der Waals surface area contributed by atoms with Crippen LogP contribution in [0.15, 0.2) is 0 Å². The number of rotatable bonds is 2. The number of aromatic carboxylic acids is 1. The van der Waals surface area contributed by atoms with Crippen molar-refractivity contribution in [2.45, 2.75) is 44.4 Å². The van der Waals surface area contributed by atoms with Crippen LogP contribution in [-0.2, 0) is 12.8 Å². The summed E-state index contributed by atoms with van der Waals surface area (Å²) in [5, 5.41) is 10.3. The normalized spacial score (nSPS) is 18.5. The van der Waals surface area contributed by atoms with Crippen molar-refractivity contribution in [1.29, 1.82) is 0 Å². The highest BCUT2D eigenvalue weighted by molar-refractivity contribution is 7.18. The van der Waals surface area contributed by atoms with Gasteiger partial charge in [-0.3, -0.25) is 0 Å². The Morgan fingerprint density at radius 2 is 2.00 bits per heavy atom. The van der Waals surface area contributed by atoms with Gasteiger partial charge in [0.25, 0.3) is 0 Å². The minimum Gasteiger partial charge on any atom is -0.476 e. The van der Waals surface area contributed by atoms with E-state index in [2.05, 4.69) is 9.97 Å². The van der Waals surface area contributed by atoms with E-state index < -0.39 is 5.97 Å². The highest BCUT2D eigenvalue weighted by Crippen LogP contribution is 2.42. The summed E-state index contributed by atoms with van der Waals surface area (Å²) in [7, 11) is 0. The van der Waals surface area contributed by atoms with Gasteiger partial charge in [-0.25, -0.2) is 14.8 Å². The van der Waals surface area contributed by atoms with E-state index in [1.807, 2.05) is 0 Å². The smallest absolute Gasteiger partial charge is 0.355 e. The third-order valence-corrected chi connectivity index (χ3v) is 5.16. The van der Waals surface area contributed by atoms with E-state index in [9.17, 15) is 9.90 Å². The molecule has 19 heavy (non-hydrogen) atoms. The number of hydrogen-bond acceptors (Lipinski definition) is 4. The van der Waals surface area contributed by atoms with Gasteiger partial charge in [-0.1, -0.05) is 0 Å². The van der Waals surface area contributed by atoms with Gasteiger partial charge in [0.05, 0.1) is 0 Å². The van der Waals surface area contributed by atoms with Gasteiger partial charge < -0.3 is 5.11 Å². The van der Waals surface area contributed by atoms with Crippen molar-refractivity contribution in [2.24, 2.45) is 0 Å². The summed E-state index contributed by atoms with van der Waals surface area (Å²) in [6.07, 6.45) is 6.56. The van der Waals surface area contributed by atoms with Gasteiger partial charge in [-0.05, 0) is 44.1 Å². The number of thiophene rings is 1. The Bertz CT molecular complexity index is 688. The van der Waals surface area contributed by atoms with Crippen LogP contribution in [0.4, 0.5) is 0 Å². The van der Waals surface area contributed by atoms with Crippen molar-refractivity contribution in [2.75, 3.05) is 0 Å². The summed E-state index contributed by atoms with van der Waals surface area (Å²) >= 11 is 1.68. The zero-order valence-corrected chi connectivity index (χ0v) is 11.3. The number of fused-ring (bicyclic) bond motifs is 3. The zero-order valence-electron chi connectivity index (χ0n) is 10.5. The molecule has 0 unspecified atom stereocenters. The fraction of sp³-hybridized carbons (Fsp3) is 0.500. The molecule has 98 valence electrons. The van der Waals surface area contributed by atoms with Gasteiger partial charge in [-0.2, -0.15) is 0 Å². The molecule has 5 heteroatoms. The monoisotopic (exact) mass is 274 g/mol. The molecule has 2 aliphatic carbocycles. The molecular formula is C14H14N2O2S. The Hall–Kier alpha value is -1.49. The van der Waals surface area contributed by atoms with Crippen molar-refractivity contribution in [3.05, 3.63) is 22.0 Å². The van der Waals surface area contributed by atoms with Crippen molar-refractivity contribution >= 4 is 27.5 Å². The van der Waals surface area contributed by atoms with Gasteiger partial charge in [0.15, 0.2) is 5.69 Å². The molecule has 2 aliphatic rings. The van der Waals surface area contributed by atoms with Crippen LogP contribution >= 0.6 is 11.3 Å². The third-order valence-electron chi connectivity index (χ3n) is 3.98. The van der Waals surface area contributed by atoms with Crippen LogP contribution in [0.3, 0.4) is 0 Å². The van der Waals surface area contributed by atoms with Crippen LogP contribution in [0.5, 0.6) is 0 Å². The van der Waals surface area contributed by atoms with Crippen LogP contribution in [0.25, 0.3) is 10.2 Å². The molecule has 4 nitrogen and oxygen atoms in total. The van der Waals surface area contributed by atoms with Crippen LogP contribution in [-0.4, -0.2) is 21.0 Å². The minimum absolute atomic E-state index is 0.228. The lowest BCUT2D eigenvalue weighted by Gasteiger charge is -2.10. The van der Waals surface area contributed by atoms with Crippen LogP contribution in [0.1, 0.15) is 58.4 Å². The molecule has 4 rings (SSSR count). The lowest BCUT2D eigenvalue weighted by molar-refractivity contribution is 0.0692. The standard InChI is InChI=1S/C14H14N2O2S/c17-14(18)11-10-8-3-1-2-4-9(8)19-13(10)16-12(15-11)7-5-6-7/h7H,1-6H2,(H,17,18). The average Bonchev–Trinajstić information content (AvgIpc) is 3.18. The summed E-state index contributed by atoms with van der Waals surface area (Å²) < 4.78 is 0. The Morgan fingerprint density at radius 3 is 2.74 bits per heavy atom. The van der Waals surface area contributed by atoms with Crippen molar-refractivity contribution in [3.63, 3.8) is 0 Å². The number of carboxylic acids is 1. The number of aromatic nitrogens is 2. The summed E-state index contributed by atoms with van der Waals surface area (Å²) in [6, 6.07) is 0. The van der Waals surface area contributed by atoms with Gasteiger partial charge in [-0.15, -0.1) is 11.3 Å². The van der Waals surface area contributed by atoms with Gasteiger partial charge >= 0.3 is 5.97 Å². The molecular weight excluding hydrogens is 260 g/mol. The van der Waals surface area contributed by atoms with E-state index in [0.29, 0.717) is 5.92 Å². The molecule has 0 bridgehead atoms. The first-order chi connectivity index (χ1) is 9.24. The molecule has 0 radical (unpaired) electrons. The summed E-state index contributed by atoms with van der Waals surface area (Å²) in [6.45, 7) is 0. The quantitative estimate of drug-likeness (QED) is 0.913. The first-order valence-corrected chi connectivity index (χ1v) is 7.61. The fourth-order valence-corrected chi connectivity index (χ4v) is 4.12. The molecule has 1 fully saturated rings. The average molecular weight is 274 g/mol. The van der Waals surface area contributed by atoms with E-state index in [1.165, 1.54) is 16.9 Å². The molecule has 1 N–H and O–H groups in total. The number of hydrogen-bond donors (Lipinski definition) is 1. The molecule has 0 amide bonds. The predicted octanol–water partition coefficient (Wildman–Crippen LogP) is 3.15. The highest BCUT2D eigenvalue weighted by Gasteiger charge is 2.30. The molecule has 0 saturated heterocycles. The first kappa shape index (κ1) is 11.3. The molecule has 0 aliphatic heterocycles. The Morgan fingerprint density at radius 1 is 1.21 bits per heavy atom. The van der Waals surface area contributed by atoms with Gasteiger partial charge in [0.2, 0.25) is 0 Å². The molecule has 0 aromatic carbocycles. The van der Waals surface area contributed by atoms with E-state index in [1.54, 1.807) is 11.3 Å². The Balaban J connectivity index is 2.02. The van der Waals surface area contributed by atoms with Crippen molar-refractivity contribution in [1.82, 2.24) is 9.97 Å². The highest BCUT2D eigenvalue weighted by atomic mass is 32.1. The second-order valence-corrected chi connectivity index (χ2v) is 6.48. The second kappa shape index (κ2) is 4.00. The first-order valence-electron chi connectivity index (χ1n) is 6.79. The second-order valence-electron chi connectivity index (χ2n) is 5.40. The van der Waals surface area contributed by atoms with E-state index in [0.717, 1.165) is 48.1 Å². The maximum absolute atomic E-state index is 11.5. The molecule has 2 aromatic heterocycles. The van der Waals surface area contributed by atoms with Crippen LogP contribution in [0.2, 0.25) is 0 Å². The minimum atomic E-state index is -0.916. The van der Waals surface area contributed by atoms with E-state index in [4.69, 9.17) is 0 Å². The zero-order chi connectivity index (χ0) is 13.0. The Kier molecular flexibility index (Phi) is 2.39. The topological polar surface area (TPSA) is 63.1 Å². The van der Waals surface area contributed by atoms with Crippen molar-refractivity contribution < 1.29 is 9.90 Å². The molecule has 0 atom stereocenters. The molecule has 2 aromatic rings. The molecule has 2 heterocycles. The lowest BCUT2D eigenvalue weighted by Crippen LogP contribution is -2.07. The van der Waals surface area contributed by atoms with Gasteiger partial charge in [0.1, 0.15) is 10.7 Å². The summed E-state index contributed by atoms with van der Waals surface area (Å²) in [5.74, 6) is 0.214. The number of carboxylic acid groups (broad SMARTS) is 1. The maximum atomic E-state index is 11.5. The van der Waals surface area contributed by atoms with Crippen LogP contribution in [0, 0.1) is 0 Å². The predicted molar refractivity (Wildman–Crippen MR) is 73.0 cm³/mol. The fourth-order valence-electron chi connectivity index (χ4n) is 2.85. The summed E-state index contributed by atoms with van der Waals surface area (Å²) in [4.78, 5) is 22.7. The molecule has 0 spiro atoms. The third kappa shape index (κ3) is 1.75.